The van der Waals surface area contributed by atoms with Crippen molar-refractivity contribution in [3.8, 4) is 0 Å². The lowest BCUT2D eigenvalue weighted by atomic mass is 10.3. The van der Waals surface area contributed by atoms with Crippen molar-refractivity contribution in [2.24, 2.45) is 0 Å². The molecule has 0 aromatic carbocycles. The van der Waals surface area contributed by atoms with Crippen molar-refractivity contribution in [3.05, 3.63) is 0 Å². The number of carbonyl (C=O) groups excluding carboxylic acids is 2. The molecular formula is C11H22N4O2. The van der Waals surface area contributed by atoms with Crippen molar-refractivity contribution >= 4 is 11.9 Å². The molecule has 6 heteroatoms. The number of hydrogen-bond donors (Lipinski definition) is 2. The number of nitrogens with zero attached hydrogens (tertiary/aromatic N) is 2. The Balaban J connectivity index is 2.26. The highest BCUT2D eigenvalue weighted by Crippen LogP contribution is 2.01. The molecule has 1 aliphatic heterocycles. The molecular weight excluding hydrogens is 220 g/mol. The Morgan fingerprint density at radius 1 is 1.00 bits per heavy atom. The first kappa shape index (κ1) is 13.8. The van der Waals surface area contributed by atoms with Gasteiger partial charge in [-0.1, -0.05) is 0 Å². The molecule has 2 N–H and O–H groups in total. The van der Waals surface area contributed by atoms with Gasteiger partial charge in [-0.15, -0.1) is 0 Å². The summed E-state index contributed by atoms with van der Waals surface area (Å²) in [4.78, 5) is 26.8. The van der Waals surface area contributed by atoms with Gasteiger partial charge in [0.2, 0.25) is 5.91 Å². The molecule has 0 aromatic heterocycles. The molecule has 0 aromatic rings. The van der Waals surface area contributed by atoms with Crippen LogP contribution in [0, 0.1) is 0 Å². The fourth-order valence-corrected chi connectivity index (χ4v) is 1.83. The average molecular weight is 242 g/mol. The number of piperazine rings is 1. The Labute approximate surface area is 102 Å². The predicted molar refractivity (Wildman–Crippen MR) is 65.8 cm³/mol. The number of carbonyl (C=O) groups is 2. The van der Waals surface area contributed by atoms with Crippen LogP contribution in [0.25, 0.3) is 0 Å². The number of likely N-dealkylation sites (N-methyl/N-ethyl adjacent to an activating group) is 1. The van der Waals surface area contributed by atoms with E-state index < -0.39 is 0 Å². The quantitative estimate of drug-likeness (QED) is 0.696. The summed E-state index contributed by atoms with van der Waals surface area (Å²) in [7, 11) is 0. The van der Waals surface area contributed by atoms with Crippen LogP contribution in [0.3, 0.4) is 0 Å². The fourth-order valence-electron chi connectivity index (χ4n) is 1.83. The summed E-state index contributed by atoms with van der Waals surface area (Å²) < 4.78 is 0. The zero-order valence-corrected chi connectivity index (χ0v) is 10.7. The molecule has 0 aliphatic carbocycles. The summed E-state index contributed by atoms with van der Waals surface area (Å²) >= 11 is 0. The summed E-state index contributed by atoms with van der Waals surface area (Å²) in [6, 6.07) is -0.00911. The summed E-state index contributed by atoms with van der Waals surface area (Å²) in [5, 5.41) is 5.55. The van der Waals surface area contributed by atoms with Crippen LogP contribution in [0.15, 0.2) is 0 Å². The Bertz CT molecular complexity index is 262. The molecule has 0 atom stereocenters. The Morgan fingerprint density at radius 3 is 2.12 bits per heavy atom. The van der Waals surface area contributed by atoms with E-state index in [1.807, 2.05) is 13.8 Å². The van der Waals surface area contributed by atoms with Crippen LogP contribution in [0.5, 0.6) is 0 Å². The molecule has 0 radical (unpaired) electrons. The Hall–Kier alpha value is -1.30. The number of hydrogen-bond acceptors (Lipinski definition) is 3. The largest absolute Gasteiger partial charge is 0.355 e. The van der Waals surface area contributed by atoms with Gasteiger partial charge in [-0.25, -0.2) is 4.79 Å². The van der Waals surface area contributed by atoms with E-state index in [4.69, 9.17) is 0 Å². The molecule has 0 spiro atoms. The lowest BCUT2D eigenvalue weighted by Gasteiger charge is -2.34. The molecule has 1 heterocycles. The molecule has 1 saturated heterocycles. The van der Waals surface area contributed by atoms with Gasteiger partial charge in [0, 0.05) is 39.3 Å². The van der Waals surface area contributed by atoms with E-state index in [2.05, 4.69) is 15.5 Å². The molecule has 1 fully saturated rings. The van der Waals surface area contributed by atoms with Gasteiger partial charge in [0.15, 0.2) is 0 Å². The van der Waals surface area contributed by atoms with Gasteiger partial charge in [-0.05, 0) is 13.8 Å². The predicted octanol–water partition coefficient (Wildman–Crippen LogP) is -0.530. The van der Waals surface area contributed by atoms with Gasteiger partial charge < -0.3 is 15.5 Å². The highest BCUT2D eigenvalue weighted by Gasteiger charge is 2.21. The van der Waals surface area contributed by atoms with Crippen LogP contribution in [-0.2, 0) is 4.79 Å². The van der Waals surface area contributed by atoms with E-state index in [-0.39, 0.29) is 11.9 Å². The lowest BCUT2D eigenvalue weighted by Crippen LogP contribution is -2.53. The molecule has 0 unspecified atom stereocenters. The Kier molecular flexibility index (Phi) is 5.76. The van der Waals surface area contributed by atoms with Gasteiger partial charge >= 0.3 is 6.03 Å². The number of urea groups is 1. The first-order chi connectivity index (χ1) is 8.17. The molecule has 3 amide bonds. The van der Waals surface area contributed by atoms with Crippen LogP contribution in [0.1, 0.15) is 13.8 Å². The van der Waals surface area contributed by atoms with Crippen LogP contribution in [-0.4, -0.2) is 67.6 Å². The second-order valence-corrected chi connectivity index (χ2v) is 4.05. The van der Waals surface area contributed by atoms with Crippen molar-refractivity contribution in [1.82, 2.24) is 20.4 Å². The summed E-state index contributed by atoms with van der Waals surface area (Å²) in [6.07, 6.45) is 0. The summed E-state index contributed by atoms with van der Waals surface area (Å²) in [5.74, 6) is 0.0546. The van der Waals surface area contributed by atoms with Gasteiger partial charge in [0.25, 0.3) is 0 Å². The summed E-state index contributed by atoms with van der Waals surface area (Å²) in [6.45, 7) is 8.44. The normalized spacial score (nSPS) is 16.7. The maximum Gasteiger partial charge on any atom is 0.317 e. The number of amides is 3. The first-order valence-corrected chi connectivity index (χ1v) is 6.19. The second-order valence-electron chi connectivity index (χ2n) is 4.05. The van der Waals surface area contributed by atoms with Crippen LogP contribution in [0.2, 0.25) is 0 Å². The van der Waals surface area contributed by atoms with Gasteiger partial charge in [-0.2, -0.15) is 0 Å². The van der Waals surface area contributed by atoms with E-state index in [0.29, 0.717) is 32.7 Å². The number of rotatable bonds is 4. The monoisotopic (exact) mass is 242 g/mol. The molecule has 6 nitrogen and oxygen atoms in total. The van der Waals surface area contributed by atoms with Crippen molar-refractivity contribution in [2.45, 2.75) is 13.8 Å². The van der Waals surface area contributed by atoms with Gasteiger partial charge in [-0.3, -0.25) is 9.69 Å². The Morgan fingerprint density at radius 2 is 1.59 bits per heavy atom. The molecule has 0 saturated carbocycles. The van der Waals surface area contributed by atoms with Crippen molar-refractivity contribution < 1.29 is 9.59 Å². The molecule has 17 heavy (non-hydrogen) atoms. The van der Waals surface area contributed by atoms with E-state index >= 15 is 0 Å². The molecule has 0 bridgehead atoms. The van der Waals surface area contributed by atoms with Gasteiger partial charge in [0.05, 0.1) is 6.54 Å². The topological polar surface area (TPSA) is 64.7 Å². The first-order valence-electron chi connectivity index (χ1n) is 6.19. The highest BCUT2D eigenvalue weighted by molar-refractivity contribution is 5.78. The third kappa shape index (κ3) is 4.60. The smallest absolute Gasteiger partial charge is 0.317 e. The van der Waals surface area contributed by atoms with E-state index in [0.717, 1.165) is 13.1 Å². The minimum absolute atomic E-state index is 0.00911. The minimum atomic E-state index is -0.00911. The molecule has 1 aliphatic rings. The van der Waals surface area contributed by atoms with E-state index in [1.54, 1.807) is 4.90 Å². The second kappa shape index (κ2) is 7.11. The molecule has 1 rings (SSSR count). The van der Waals surface area contributed by atoms with Crippen molar-refractivity contribution in [2.75, 3.05) is 45.8 Å². The highest BCUT2D eigenvalue weighted by atomic mass is 16.2. The number of nitrogens with one attached hydrogen (secondary N) is 2. The van der Waals surface area contributed by atoms with Gasteiger partial charge in [0.1, 0.15) is 0 Å². The fraction of sp³-hybridized carbons (Fsp3) is 0.818. The third-order valence-corrected chi connectivity index (χ3v) is 2.73. The van der Waals surface area contributed by atoms with Crippen LogP contribution in [0.4, 0.5) is 4.79 Å². The van der Waals surface area contributed by atoms with Crippen LogP contribution >= 0.6 is 0 Å². The lowest BCUT2D eigenvalue weighted by molar-refractivity contribution is -0.122. The van der Waals surface area contributed by atoms with Crippen molar-refractivity contribution in [3.63, 3.8) is 0 Å². The zero-order valence-electron chi connectivity index (χ0n) is 10.7. The standard InChI is InChI=1S/C11H22N4O2/c1-3-12-10(16)9-14-5-7-15(8-6-14)11(17)13-4-2/h3-9H2,1-2H3,(H,12,16)(H,13,17). The minimum Gasteiger partial charge on any atom is -0.355 e. The maximum absolute atomic E-state index is 11.5. The summed E-state index contributed by atoms with van der Waals surface area (Å²) in [5.41, 5.74) is 0. The van der Waals surface area contributed by atoms with E-state index in [9.17, 15) is 9.59 Å². The van der Waals surface area contributed by atoms with E-state index in [1.165, 1.54) is 0 Å². The zero-order chi connectivity index (χ0) is 12.7. The average Bonchev–Trinajstić information content (AvgIpc) is 2.30. The molecule has 98 valence electrons. The SMILES string of the molecule is CCNC(=O)CN1CCN(C(=O)NCC)CC1. The maximum atomic E-state index is 11.5. The van der Waals surface area contributed by atoms with Crippen molar-refractivity contribution in [1.29, 1.82) is 0 Å². The third-order valence-electron chi connectivity index (χ3n) is 2.73. The van der Waals surface area contributed by atoms with Crippen LogP contribution < -0.4 is 10.6 Å².